The summed E-state index contributed by atoms with van der Waals surface area (Å²) in [5.74, 6) is -0.182. The summed E-state index contributed by atoms with van der Waals surface area (Å²) >= 11 is 1.36. The second kappa shape index (κ2) is 7.42. The summed E-state index contributed by atoms with van der Waals surface area (Å²) in [6, 6.07) is 3.69. The quantitative estimate of drug-likeness (QED) is 0.796. The van der Waals surface area contributed by atoms with Crippen LogP contribution in [0.4, 0.5) is 5.69 Å². The number of hydrogen-bond donors (Lipinski definition) is 1. The van der Waals surface area contributed by atoms with Gasteiger partial charge in [-0.1, -0.05) is 11.8 Å². The first kappa shape index (κ1) is 15.8. The molecule has 1 N–H and O–H groups in total. The van der Waals surface area contributed by atoms with Gasteiger partial charge in [0.25, 0.3) is 0 Å². The van der Waals surface area contributed by atoms with Crippen molar-refractivity contribution in [3.8, 4) is 0 Å². The highest BCUT2D eigenvalue weighted by atomic mass is 32.2. The molecule has 0 aliphatic carbocycles. The number of amides is 2. The van der Waals surface area contributed by atoms with Crippen molar-refractivity contribution in [2.45, 2.75) is 23.6 Å². The van der Waals surface area contributed by atoms with Gasteiger partial charge in [-0.25, -0.2) is 4.98 Å². The van der Waals surface area contributed by atoms with Gasteiger partial charge in [-0.05, 0) is 19.1 Å². The largest absolute Gasteiger partial charge is 0.383 e. The average Bonchev–Trinajstić information content (AvgIpc) is 2.48. The maximum atomic E-state index is 12.5. The fourth-order valence-corrected chi connectivity index (χ4v) is 3.30. The van der Waals surface area contributed by atoms with Gasteiger partial charge >= 0.3 is 0 Å². The summed E-state index contributed by atoms with van der Waals surface area (Å²) in [6.07, 6.45) is 1.85. The van der Waals surface area contributed by atoms with Gasteiger partial charge < -0.3 is 15.0 Å². The molecule has 21 heavy (non-hydrogen) atoms. The predicted molar refractivity (Wildman–Crippen MR) is 81.4 cm³/mol. The molecule has 1 aliphatic heterocycles. The second-order valence-corrected chi connectivity index (χ2v) is 5.75. The fourth-order valence-electron chi connectivity index (χ4n) is 2.14. The number of thioether (sulfide) groups is 1. The normalized spacial score (nSPS) is 17.5. The third kappa shape index (κ3) is 3.74. The Morgan fingerprint density at radius 3 is 3.10 bits per heavy atom. The summed E-state index contributed by atoms with van der Waals surface area (Å²) in [4.78, 5) is 30.3. The fraction of sp³-hybridized carbons (Fsp3) is 0.500. The van der Waals surface area contributed by atoms with Crippen LogP contribution in [0.25, 0.3) is 0 Å². The Labute approximate surface area is 128 Å². The van der Waals surface area contributed by atoms with Crippen LogP contribution in [-0.2, 0) is 14.3 Å². The standard InChI is InChI=1S/C14H19N3O3S/c1-3-17-10-5-4-6-16-13(10)21-11(14(17)19)9-12(18)15-7-8-20-2/h4-6,11H,3,7-9H2,1-2H3,(H,15,18)/t11-/m0/s1. The van der Waals surface area contributed by atoms with Crippen LogP contribution < -0.4 is 10.2 Å². The number of methoxy groups -OCH3 is 1. The topological polar surface area (TPSA) is 71.5 Å². The van der Waals surface area contributed by atoms with Gasteiger partial charge in [0.2, 0.25) is 11.8 Å². The summed E-state index contributed by atoms with van der Waals surface area (Å²) in [7, 11) is 1.58. The molecule has 114 valence electrons. The van der Waals surface area contributed by atoms with E-state index in [4.69, 9.17) is 4.74 Å². The number of pyridine rings is 1. The molecule has 0 saturated heterocycles. The molecule has 2 rings (SSSR count). The van der Waals surface area contributed by atoms with Crippen molar-refractivity contribution in [1.82, 2.24) is 10.3 Å². The molecule has 1 atom stereocenters. The van der Waals surface area contributed by atoms with Crippen molar-refractivity contribution in [2.24, 2.45) is 0 Å². The molecule has 1 aromatic rings. The predicted octanol–water partition coefficient (Wildman–Crippen LogP) is 1.06. The van der Waals surface area contributed by atoms with Gasteiger partial charge in [-0.2, -0.15) is 0 Å². The number of carbonyl (C=O) groups excluding carboxylic acids is 2. The van der Waals surface area contributed by atoms with Crippen molar-refractivity contribution in [3.63, 3.8) is 0 Å². The van der Waals surface area contributed by atoms with Gasteiger partial charge in [0.1, 0.15) is 5.03 Å². The summed E-state index contributed by atoms with van der Waals surface area (Å²) < 4.78 is 4.88. The smallest absolute Gasteiger partial charge is 0.241 e. The Morgan fingerprint density at radius 1 is 1.57 bits per heavy atom. The maximum Gasteiger partial charge on any atom is 0.241 e. The lowest BCUT2D eigenvalue weighted by atomic mass is 10.2. The molecular formula is C14H19N3O3S. The minimum Gasteiger partial charge on any atom is -0.383 e. The van der Waals surface area contributed by atoms with E-state index in [1.807, 2.05) is 19.1 Å². The van der Waals surface area contributed by atoms with E-state index in [-0.39, 0.29) is 18.2 Å². The van der Waals surface area contributed by atoms with Crippen LogP contribution in [0.15, 0.2) is 23.4 Å². The molecule has 1 aliphatic rings. The summed E-state index contributed by atoms with van der Waals surface area (Å²) in [6.45, 7) is 3.40. The summed E-state index contributed by atoms with van der Waals surface area (Å²) in [5, 5.41) is 3.12. The number of rotatable bonds is 6. The van der Waals surface area contributed by atoms with Gasteiger partial charge in [0.15, 0.2) is 0 Å². The second-order valence-electron chi connectivity index (χ2n) is 4.56. The van der Waals surface area contributed by atoms with Crippen molar-refractivity contribution < 1.29 is 14.3 Å². The molecule has 0 bridgehead atoms. The number of carbonyl (C=O) groups is 2. The number of nitrogens with zero attached hydrogens (tertiary/aromatic N) is 2. The zero-order chi connectivity index (χ0) is 15.2. The van der Waals surface area contributed by atoms with Crippen molar-refractivity contribution in [3.05, 3.63) is 18.3 Å². The first-order chi connectivity index (χ1) is 10.2. The Balaban J connectivity index is 2.05. The van der Waals surface area contributed by atoms with Gasteiger partial charge in [-0.15, -0.1) is 0 Å². The molecule has 0 spiro atoms. The van der Waals surface area contributed by atoms with Crippen LogP contribution in [0, 0.1) is 0 Å². The molecule has 0 aromatic carbocycles. The lowest BCUT2D eigenvalue weighted by Gasteiger charge is -2.31. The van der Waals surface area contributed by atoms with Crippen molar-refractivity contribution in [1.29, 1.82) is 0 Å². The van der Waals surface area contributed by atoms with Crippen LogP contribution >= 0.6 is 11.8 Å². The van der Waals surface area contributed by atoms with E-state index in [0.717, 1.165) is 10.7 Å². The van der Waals surface area contributed by atoms with E-state index >= 15 is 0 Å². The zero-order valence-electron chi connectivity index (χ0n) is 12.2. The minimum atomic E-state index is -0.421. The van der Waals surface area contributed by atoms with Crippen LogP contribution in [0.1, 0.15) is 13.3 Å². The molecule has 0 fully saturated rings. The van der Waals surface area contributed by atoms with Crippen molar-refractivity contribution >= 4 is 29.3 Å². The molecule has 6 nitrogen and oxygen atoms in total. The average molecular weight is 309 g/mol. The minimum absolute atomic E-state index is 0.0371. The van der Waals surface area contributed by atoms with Crippen LogP contribution in [0.3, 0.4) is 0 Å². The van der Waals surface area contributed by atoms with Crippen molar-refractivity contribution in [2.75, 3.05) is 31.7 Å². The number of ether oxygens (including phenoxy) is 1. The Kier molecular flexibility index (Phi) is 5.58. The Morgan fingerprint density at radius 2 is 2.38 bits per heavy atom. The lowest BCUT2D eigenvalue weighted by Crippen LogP contribution is -2.43. The first-order valence-electron chi connectivity index (χ1n) is 6.86. The highest BCUT2D eigenvalue weighted by Crippen LogP contribution is 2.38. The molecule has 0 unspecified atom stereocenters. The number of fused-ring (bicyclic) bond motifs is 1. The van der Waals surface area contributed by atoms with E-state index in [2.05, 4.69) is 10.3 Å². The van der Waals surface area contributed by atoms with E-state index in [0.29, 0.717) is 19.7 Å². The number of aromatic nitrogens is 1. The highest BCUT2D eigenvalue weighted by molar-refractivity contribution is 8.00. The van der Waals surface area contributed by atoms with E-state index in [1.54, 1.807) is 18.2 Å². The molecule has 2 heterocycles. The van der Waals surface area contributed by atoms with Crippen LogP contribution in [0.2, 0.25) is 0 Å². The third-order valence-electron chi connectivity index (χ3n) is 3.15. The third-order valence-corrected chi connectivity index (χ3v) is 4.34. The number of anilines is 1. The lowest BCUT2D eigenvalue weighted by molar-refractivity contribution is -0.125. The Bertz CT molecular complexity index is 524. The molecule has 7 heteroatoms. The highest BCUT2D eigenvalue weighted by Gasteiger charge is 2.34. The molecular weight excluding hydrogens is 290 g/mol. The van der Waals surface area contributed by atoms with E-state index in [1.165, 1.54) is 11.8 Å². The molecule has 1 aromatic heterocycles. The first-order valence-corrected chi connectivity index (χ1v) is 7.74. The van der Waals surface area contributed by atoms with Crippen LogP contribution in [0.5, 0.6) is 0 Å². The van der Waals surface area contributed by atoms with E-state index < -0.39 is 5.25 Å². The number of hydrogen-bond acceptors (Lipinski definition) is 5. The van der Waals surface area contributed by atoms with Gasteiger partial charge in [0, 0.05) is 32.8 Å². The van der Waals surface area contributed by atoms with Crippen LogP contribution in [-0.4, -0.2) is 48.9 Å². The monoisotopic (exact) mass is 309 g/mol. The number of nitrogens with one attached hydrogen (secondary N) is 1. The van der Waals surface area contributed by atoms with Gasteiger partial charge in [0.05, 0.1) is 17.5 Å². The maximum absolute atomic E-state index is 12.5. The van der Waals surface area contributed by atoms with Gasteiger partial charge in [-0.3, -0.25) is 9.59 Å². The Hall–Kier alpha value is -1.60. The molecule has 0 radical (unpaired) electrons. The molecule has 2 amide bonds. The summed E-state index contributed by atoms with van der Waals surface area (Å²) in [5.41, 5.74) is 0.825. The molecule has 0 saturated carbocycles. The van der Waals surface area contributed by atoms with E-state index in [9.17, 15) is 9.59 Å². The SMILES string of the molecule is CCN1C(=O)[C@H](CC(=O)NCCOC)Sc2ncccc21. The zero-order valence-corrected chi connectivity index (χ0v) is 13.0.